The van der Waals surface area contributed by atoms with Crippen molar-refractivity contribution in [3.8, 4) is 11.6 Å². The van der Waals surface area contributed by atoms with E-state index in [1.165, 1.54) is 13.2 Å². The van der Waals surface area contributed by atoms with Crippen molar-refractivity contribution in [1.82, 2.24) is 4.98 Å². The molecule has 0 saturated heterocycles. The van der Waals surface area contributed by atoms with Crippen LogP contribution in [0.3, 0.4) is 0 Å². The van der Waals surface area contributed by atoms with Crippen molar-refractivity contribution in [3.63, 3.8) is 0 Å². The number of pyridine rings is 1. The van der Waals surface area contributed by atoms with E-state index in [4.69, 9.17) is 10.5 Å². The molecule has 0 radical (unpaired) electrons. The number of anilines is 1. The molecule has 6 heteroatoms. The summed E-state index contributed by atoms with van der Waals surface area (Å²) >= 11 is 3.34. The Morgan fingerprint density at radius 2 is 2.11 bits per heavy atom. The first kappa shape index (κ1) is 13.4. The van der Waals surface area contributed by atoms with Crippen molar-refractivity contribution >= 4 is 27.6 Å². The Morgan fingerprint density at radius 1 is 1.32 bits per heavy atom. The van der Waals surface area contributed by atoms with Crippen LogP contribution in [-0.4, -0.2) is 18.1 Å². The van der Waals surface area contributed by atoms with E-state index < -0.39 is 5.97 Å². The molecule has 0 aliphatic carbocycles. The van der Waals surface area contributed by atoms with Gasteiger partial charge in [-0.3, -0.25) is 0 Å². The first-order valence-electron chi connectivity index (χ1n) is 5.38. The number of ether oxygens (including phenoxy) is 2. The van der Waals surface area contributed by atoms with Crippen molar-refractivity contribution in [3.05, 3.63) is 46.6 Å². The van der Waals surface area contributed by atoms with E-state index in [-0.39, 0.29) is 11.6 Å². The maximum atomic E-state index is 11.4. The molecule has 0 spiro atoms. The zero-order valence-electron chi connectivity index (χ0n) is 10.1. The summed E-state index contributed by atoms with van der Waals surface area (Å²) in [6.07, 6.45) is 0. The number of carbonyl (C=O) groups is 1. The minimum Gasteiger partial charge on any atom is -0.464 e. The molecule has 1 aromatic carbocycles. The van der Waals surface area contributed by atoms with Crippen LogP contribution in [0.2, 0.25) is 0 Å². The fraction of sp³-hybridized carbons (Fsp3) is 0.0769. The SMILES string of the molecule is COC(=O)c1ccc(N)c(Oc2cccc(Br)c2)n1. The predicted octanol–water partition coefficient (Wildman–Crippen LogP) is 3.01. The van der Waals surface area contributed by atoms with E-state index in [9.17, 15) is 4.79 Å². The Balaban J connectivity index is 2.31. The third kappa shape index (κ3) is 3.23. The number of nitrogen functional groups attached to an aromatic ring is 1. The van der Waals surface area contributed by atoms with Crippen LogP contribution in [-0.2, 0) is 4.74 Å². The lowest BCUT2D eigenvalue weighted by atomic mass is 10.3. The van der Waals surface area contributed by atoms with Gasteiger partial charge >= 0.3 is 5.97 Å². The number of esters is 1. The smallest absolute Gasteiger partial charge is 0.356 e. The highest BCUT2D eigenvalue weighted by Gasteiger charge is 2.12. The lowest BCUT2D eigenvalue weighted by molar-refractivity contribution is 0.0593. The summed E-state index contributed by atoms with van der Waals surface area (Å²) in [5.74, 6) is 0.190. The summed E-state index contributed by atoms with van der Waals surface area (Å²) in [4.78, 5) is 15.4. The molecular formula is C13H11BrN2O3. The zero-order chi connectivity index (χ0) is 13.8. The Kier molecular flexibility index (Phi) is 4.01. The lowest BCUT2D eigenvalue weighted by Crippen LogP contribution is -2.06. The fourth-order valence-electron chi connectivity index (χ4n) is 1.39. The van der Waals surface area contributed by atoms with Crippen LogP contribution in [0.1, 0.15) is 10.5 Å². The molecule has 5 nitrogen and oxygen atoms in total. The molecule has 1 heterocycles. The van der Waals surface area contributed by atoms with E-state index in [2.05, 4.69) is 25.7 Å². The molecule has 2 N–H and O–H groups in total. The molecule has 0 aliphatic heterocycles. The van der Waals surface area contributed by atoms with Crippen LogP contribution in [0.25, 0.3) is 0 Å². The summed E-state index contributed by atoms with van der Waals surface area (Å²) in [7, 11) is 1.29. The molecule has 1 aromatic heterocycles. The van der Waals surface area contributed by atoms with Gasteiger partial charge in [-0.1, -0.05) is 22.0 Å². The van der Waals surface area contributed by atoms with Crippen LogP contribution >= 0.6 is 15.9 Å². The third-order valence-corrected chi connectivity index (χ3v) is 2.79. The molecule has 2 rings (SSSR count). The largest absolute Gasteiger partial charge is 0.464 e. The number of nitrogens with zero attached hydrogens (tertiary/aromatic N) is 1. The van der Waals surface area contributed by atoms with Crippen LogP contribution in [0, 0.1) is 0 Å². The highest BCUT2D eigenvalue weighted by Crippen LogP contribution is 2.27. The predicted molar refractivity (Wildman–Crippen MR) is 74.2 cm³/mol. The van der Waals surface area contributed by atoms with Gasteiger partial charge in [-0.15, -0.1) is 0 Å². The highest BCUT2D eigenvalue weighted by molar-refractivity contribution is 9.10. The Morgan fingerprint density at radius 3 is 2.79 bits per heavy atom. The van der Waals surface area contributed by atoms with Gasteiger partial charge in [0.05, 0.1) is 12.8 Å². The standard InChI is InChI=1S/C13H11BrN2O3/c1-18-13(17)11-6-5-10(15)12(16-11)19-9-4-2-3-8(14)7-9/h2-7H,15H2,1H3. The number of nitrogens with two attached hydrogens (primary N) is 1. The van der Waals surface area contributed by atoms with Gasteiger partial charge in [-0.2, -0.15) is 0 Å². The quantitative estimate of drug-likeness (QED) is 0.879. The van der Waals surface area contributed by atoms with Gasteiger partial charge in [0, 0.05) is 4.47 Å². The third-order valence-electron chi connectivity index (χ3n) is 2.29. The maximum Gasteiger partial charge on any atom is 0.356 e. The van der Waals surface area contributed by atoms with Crippen LogP contribution in [0.5, 0.6) is 11.6 Å². The van der Waals surface area contributed by atoms with Crippen LogP contribution in [0.15, 0.2) is 40.9 Å². The number of halogens is 1. The van der Waals surface area contributed by atoms with Gasteiger partial charge in [0.1, 0.15) is 5.75 Å². The van der Waals surface area contributed by atoms with E-state index in [0.29, 0.717) is 11.4 Å². The second kappa shape index (κ2) is 5.71. The minimum absolute atomic E-state index is 0.140. The number of rotatable bonds is 3. The summed E-state index contributed by atoms with van der Waals surface area (Å²) in [5, 5.41) is 0. The van der Waals surface area contributed by atoms with Gasteiger partial charge in [0.25, 0.3) is 0 Å². The summed E-state index contributed by atoms with van der Waals surface area (Å²) < 4.78 is 11.0. The topological polar surface area (TPSA) is 74.4 Å². The average molecular weight is 323 g/mol. The van der Waals surface area contributed by atoms with Gasteiger partial charge < -0.3 is 15.2 Å². The van der Waals surface area contributed by atoms with Crippen molar-refractivity contribution < 1.29 is 14.3 Å². The van der Waals surface area contributed by atoms with E-state index in [1.54, 1.807) is 18.2 Å². The monoisotopic (exact) mass is 322 g/mol. The molecule has 0 saturated carbocycles. The molecule has 0 aliphatic rings. The van der Waals surface area contributed by atoms with Crippen LogP contribution in [0.4, 0.5) is 5.69 Å². The summed E-state index contributed by atoms with van der Waals surface area (Å²) in [6.45, 7) is 0. The normalized spacial score (nSPS) is 10.0. The number of hydrogen-bond donors (Lipinski definition) is 1. The number of aromatic nitrogens is 1. The number of carbonyl (C=O) groups excluding carboxylic acids is 1. The highest BCUT2D eigenvalue weighted by atomic mass is 79.9. The molecule has 0 amide bonds. The maximum absolute atomic E-state index is 11.4. The number of hydrogen-bond acceptors (Lipinski definition) is 5. The fourth-order valence-corrected chi connectivity index (χ4v) is 1.77. The average Bonchev–Trinajstić information content (AvgIpc) is 2.40. The number of benzene rings is 1. The second-order valence-electron chi connectivity index (χ2n) is 3.64. The first-order chi connectivity index (χ1) is 9.10. The second-order valence-corrected chi connectivity index (χ2v) is 4.56. The van der Waals surface area contributed by atoms with E-state index in [0.717, 1.165) is 4.47 Å². The number of methoxy groups -OCH3 is 1. The molecule has 98 valence electrons. The van der Waals surface area contributed by atoms with Crippen LogP contribution < -0.4 is 10.5 Å². The molecular weight excluding hydrogens is 312 g/mol. The van der Waals surface area contributed by atoms with Crippen molar-refractivity contribution in [2.24, 2.45) is 0 Å². The van der Waals surface area contributed by atoms with Crippen molar-refractivity contribution in [2.45, 2.75) is 0 Å². The Labute approximate surface area is 118 Å². The molecule has 0 unspecified atom stereocenters. The summed E-state index contributed by atoms with van der Waals surface area (Å²) in [6, 6.07) is 10.2. The van der Waals surface area contributed by atoms with Gasteiger partial charge in [0.2, 0.25) is 5.88 Å². The Hall–Kier alpha value is -2.08. The molecule has 19 heavy (non-hydrogen) atoms. The van der Waals surface area contributed by atoms with E-state index in [1.807, 2.05) is 12.1 Å². The van der Waals surface area contributed by atoms with Gasteiger partial charge in [-0.05, 0) is 30.3 Å². The van der Waals surface area contributed by atoms with Crippen molar-refractivity contribution in [1.29, 1.82) is 0 Å². The molecule has 0 fully saturated rings. The van der Waals surface area contributed by atoms with Gasteiger partial charge in [-0.25, -0.2) is 9.78 Å². The molecule has 0 bridgehead atoms. The lowest BCUT2D eigenvalue weighted by Gasteiger charge is -2.08. The van der Waals surface area contributed by atoms with E-state index >= 15 is 0 Å². The van der Waals surface area contributed by atoms with Crippen molar-refractivity contribution in [2.75, 3.05) is 12.8 Å². The van der Waals surface area contributed by atoms with Gasteiger partial charge in [0.15, 0.2) is 5.69 Å². The molecule has 2 aromatic rings. The first-order valence-corrected chi connectivity index (χ1v) is 6.17. The Bertz CT molecular complexity index is 617. The molecule has 0 atom stereocenters. The summed E-state index contributed by atoms with van der Waals surface area (Å²) in [5.41, 5.74) is 6.25. The minimum atomic E-state index is -0.543. The zero-order valence-corrected chi connectivity index (χ0v) is 11.7.